The van der Waals surface area contributed by atoms with E-state index in [-0.39, 0.29) is 0 Å². The minimum absolute atomic E-state index is 0.831. The van der Waals surface area contributed by atoms with Gasteiger partial charge in [0.1, 0.15) is 0 Å². The van der Waals surface area contributed by atoms with Gasteiger partial charge in [-0.2, -0.15) is 0 Å². The highest BCUT2D eigenvalue weighted by Gasteiger charge is 2.17. The number of rotatable bonds is 2. The van der Waals surface area contributed by atoms with Gasteiger partial charge in [0.25, 0.3) is 0 Å². The normalized spacial score (nSPS) is 25.5. The molecule has 1 atom stereocenters. The molecule has 1 heteroatoms. The highest BCUT2D eigenvalue weighted by molar-refractivity contribution is 4.99. The average molecular weight is 139 g/mol. The second kappa shape index (κ2) is 3.09. The fraction of sp³-hybridized carbons (Fsp3) is 0.778. The minimum atomic E-state index is 0.831. The summed E-state index contributed by atoms with van der Waals surface area (Å²) in [5.41, 5.74) is 1.23. The zero-order chi connectivity index (χ0) is 7.56. The third kappa shape index (κ3) is 2.05. The molecule has 10 heavy (non-hydrogen) atoms. The van der Waals surface area contributed by atoms with Gasteiger partial charge in [-0.3, -0.25) is 0 Å². The number of allylic oxidation sites excluding steroid dienone is 1. The molecule has 0 radical (unpaired) electrons. The van der Waals surface area contributed by atoms with E-state index in [0.29, 0.717) is 0 Å². The summed E-state index contributed by atoms with van der Waals surface area (Å²) in [5.74, 6) is 1.69. The summed E-state index contributed by atoms with van der Waals surface area (Å²) in [4.78, 5) is 0. The maximum atomic E-state index is 3.90. The Morgan fingerprint density at radius 1 is 1.70 bits per heavy atom. The van der Waals surface area contributed by atoms with E-state index < -0.39 is 0 Å². The van der Waals surface area contributed by atoms with Crippen molar-refractivity contribution in [3.05, 3.63) is 12.3 Å². The van der Waals surface area contributed by atoms with Crippen molar-refractivity contribution >= 4 is 0 Å². The summed E-state index contributed by atoms with van der Waals surface area (Å²) in [5, 5.41) is 3.28. The first kappa shape index (κ1) is 7.64. The molecule has 1 N–H and O–H groups in total. The Morgan fingerprint density at radius 3 is 2.80 bits per heavy atom. The Balaban J connectivity index is 2.24. The van der Waals surface area contributed by atoms with E-state index in [1.807, 2.05) is 0 Å². The van der Waals surface area contributed by atoms with Crippen LogP contribution in [-0.4, -0.2) is 6.54 Å². The lowest BCUT2D eigenvalue weighted by Crippen LogP contribution is -2.09. The van der Waals surface area contributed by atoms with Crippen LogP contribution in [-0.2, 0) is 0 Å². The standard InChI is InChI=1S/C9H17N/c1-7(2)4-9-5-8(3)10-6-9/h7,9-10H,3-6H2,1-2H3. The van der Waals surface area contributed by atoms with Gasteiger partial charge in [-0.1, -0.05) is 20.4 Å². The SMILES string of the molecule is C=C1CC(CC(C)C)CN1. The summed E-state index contributed by atoms with van der Waals surface area (Å²) in [6.07, 6.45) is 2.53. The van der Waals surface area contributed by atoms with Gasteiger partial charge in [0.05, 0.1) is 0 Å². The Bertz CT molecular complexity index is 127. The van der Waals surface area contributed by atoms with Crippen LogP contribution in [0, 0.1) is 11.8 Å². The quantitative estimate of drug-likeness (QED) is 0.618. The van der Waals surface area contributed by atoms with Crippen molar-refractivity contribution in [2.24, 2.45) is 11.8 Å². The zero-order valence-electron chi connectivity index (χ0n) is 6.98. The van der Waals surface area contributed by atoms with E-state index >= 15 is 0 Å². The fourth-order valence-electron chi connectivity index (χ4n) is 1.61. The van der Waals surface area contributed by atoms with Gasteiger partial charge < -0.3 is 5.32 Å². The van der Waals surface area contributed by atoms with E-state index in [1.54, 1.807) is 0 Å². The van der Waals surface area contributed by atoms with Gasteiger partial charge in [-0.15, -0.1) is 0 Å². The van der Waals surface area contributed by atoms with Crippen LogP contribution < -0.4 is 5.32 Å². The van der Waals surface area contributed by atoms with Crippen LogP contribution in [0.1, 0.15) is 26.7 Å². The second-order valence-electron chi connectivity index (χ2n) is 3.68. The first-order valence-electron chi connectivity index (χ1n) is 4.10. The molecular weight excluding hydrogens is 122 g/mol. The lowest BCUT2D eigenvalue weighted by molar-refractivity contribution is 0.440. The monoisotopic (exact) mass is 139 g/mol. The summed E-state index contributed by atoms with van der Waals surface area (Å²) in [6, 6.07) is 0. The molecule has 0 amide bonds. The predicted molar refractivity (Wildman–Crippen MR) is 44.7 cm³/mol. The molecule has 0 aromatic rings. The molecule has 1 saturated heterocycles. The molecule has 0 saturated carbocycles. The third-order valence-corrected chi connectivity index (χ3v) is 1.98. The molecule has 0 spiro atoms. The third-order valence-electron chi connectivity index (χ3n) is 1.98. The lowest BCUT2D eigenvalue weighted by atomic mass is 9.96. The number of hydrogen-bond donors (Lipinski definition) is 1. The largest absolute Gasteiger partial charge is 0.389 e. The van der Waals surface area contributed by atoms with Crippen LogP contribution in [0.2, 0.25) is 0 Å². The molecule has 0 aromatic carbocycles. The van der Waals surface area contributed by atoms with E-state index in [9.17, 15) is 0 Å². The summed E-state index contributed by atoms with van der Waals surface area (Å²) in [6.45, 7) is 9.61. The topological polar surface area (TPSA) is 12.0 Å². The van der Waals surface area contributed by atoms with Crippen molar-refractivity contribution in [2.45, 2.75) is 26.7 Å². The number of nitrogens with one attached hydrogen (secondary N) is 1. The van der Waals surface area contributed by atoms with Crippen molar-refractivity contribution in [3.8, 4) is 0 Å². The molecule has 1 nitrogen and oxygen atoms in total. The van der Waals surface area contributed by atoms with Crippen molar-refractivity contribution in [3.63, 3.8) is 0 Å². The van der Waals surface area contributed by atoms with Crippen LogP contribution in [0.15, 0.2) is 12.3 Å². The summed E-state index contributed by atoms with van der Waals surface area (Å²) < 4.78 is 0. The van der Waals surface area contributed by atoms with Gasteiger partial charge >= 0.3 is 0 Å². The second-order valence-corrected chi connectivity index (χ2v) is 3.68. The summed E-state index contributed by atoms with van der Waals surface area (Å²) in [7, 11) is 0. The molecule has 0 bridgehead atoms. The van der Waals surface area contributed by atoms with E-state index in [2.05, 4.69) is 25.7 Å². The Hall–Kier alpha value is -0.460. The van der Waals surface area contributed by atoms with Gasteiger partial charge in [0.15, 0.2) is 0 Å². The van der Waals surface area contributed by atoms with Crippen LogP contribution in [0.3, 0.4) is 0 Å². The predicted octanol–water partition coefficient (Wildman–Crippen LogP) is 2.16. The summed E-state index contributed by atoms with van der Waals surface area (Å²) >= 11 is 0. The van der Waals surface area contributed by atoms with Gasteiger partial charge in [-0.25, -0.2) is 0 Å². The molecule has 1 unspecified atom stereocenters. The minimum Gasteiger partial charge on any atom is -0.389 e. The first-order chi connectivity index (χ1) is 4.68. The Labute approximate surface area is 63.5 Å². The van der Waals surface area contributed by atoms with Crippen LogP contribution >= 0.6 is 0 Å². The maximum absolute atomic E-state index is 3.90. The average Bonchev–Trinajstić information content (AvgIpc) is 2.13. The smallest absolute Gasteiger partial charge is 0.0175 e. The lowest BCUT2D eigenvalue weighted by Gasteiger charge is -2.09. The van der Waals surface area contributed by atoms with Crippen LogP contribution in [0.4, 0.5) is 0 Å². The highest BCUT2D eigenvalue weighted by Crippen LogP contribution is 2.22. The van der Waals surface area contributed by atoms with Gasteiger partial charge in [0.2, 0.25) is 0 Å². The molecule has 1 rings (SSSR count). The van der Waals surface area contributed by atoms with E-state index in [1.165, 1.54) is 18.5 Å². The number of hydrogen-bond acceptors (Lipinski definition) is 1. The molecule has 1 aliphatic heterocycles. The Morgan fingerprint density at radius 2 is 2.40 bits per heavy atom. The molecule has 58 valence electrons. The molecule has 1 heterocycles. The fourth-order valence-corrected chi connectivity index (χ4v) is 1.61. The maximum Gasteiger partial charge on any atom is 0.0175 e. The van der Waals surface area contributed by atoms with Crippen molar-refractivity contribution < 1.29 is 0 Å². The van der Waals surface area contributed by atoms with E-state index in [0.717, 1.165) is 18.4 Å². The molecular formula is C9H17N. The molecule has 0 aromatic heterocycles. The molecule has 0 aliphatic carbocycles. The van der Waals surface area contributed by atoms with Crippen molar-refractivity contribution in [1.82, 2.24) is 5.32 Å². The van der Waals surface area contributed by atoms with Gasteiger partial charge in [-0.05, 0) is 24.7 Å². The Kier molecular flexibility index (Phi) is 2.36. The van der Waals surface area contributed by atoms with E-state index in [4.69, 9.17) is 0 Å². The molecule has 1 fully saturated rings. The zero-order valence-corrected chi connectivity index (χ0v) is 6.98. The van der Waals surface area contributed by atoms with Gasteiger partial charge in [0, 0.05) is 12.2 Å². The molecule has 1 aliphatic rings. The van der Waals surface area contributed by atoms with Crippen molar-refractivity contribution in [1.29, 1.82) is 0 Å². The van der Waals surface area contributed by atoms with Crippen LogP contribution in [0.5, 0.6) is 0 Å². The van der Waals surface area contributed by atoms with Crippen LogP contribution in [0.25, 0.3) is 0 Å². The first-order valence-corrected chi connectivity index (χ1v) is 4.10. The highest BCUT2D eigenvalue weighted by atomic mass is 14.9. The van der Waals surface area contributed by atoms with Crippen molar-refractivity contribution in [2.75, 3.05) is 6.54 Å².